The Morgan fingerprint density at radius 1 is 1.32 bits per heavy atom. The molecule has 2 N–H and O–H groups in total. The van der Waals surface area contributed by atoms with Crippen LogP contribution >= 0.6 is 0 Å². The minimum atomic E-state index is 0.0906. The van der Waals surface area contributed by atoms with Gasteiger partial charge in [-0.15, -0.1) is 0 Å². The zero-order chi connectivity index (χ0) is 13.2. The van der Waals surface area contributed by atoms with Crippen LogP contribution in [0, 0.1) is 5.92 Å². The molecule has 100 valence electrons. The monoisotopic (exact) mass is 258 g/mol. The minimum Gasteiger partial charge on any atom is -0.396 e. The Kier molecular flexibility index (Phi) is 3.25. The predicted octanol–water partition coefficient (Wildman–Crippen LogP) is 2.01. The summed E-state index contributed by atoms with van der Waals surface area (Å²) in [5.41, 5.74) is 1.73. The number of nitrogens with one attached hydrogen (secondary N) is 1. The molecule has 1 aromatic carbocycles. The standard InChI is InChI=1S/C15H18N2O2/c18-10-11-4-7-17(8-5-11)15(19)13-2-1-12-3-6-16-14(12)9-13/h1-3,6,9,11,16,18H,4-5,7-8,10H2. The van der Waals surface area contributed by atoms with E-state index in [-0.39, 0.29) is 12.5 Å². The van der Waals surface area contributed by atoms with Gasteiger partial charge in [0, 0.05) is 37.0 Å². The SMILES string of the molecule is O=C(c1ccc2cc[nH]c2c1)N1CCC(CO)CC1. The average molecular weight is 258 g/mol. The van der Waals surface area contributed by atoms with Crippen LogP contribution in [-0.2, 0) is 0 Å². The second kappa shape index (κ2) is 5.05. The Bertz CT molecular complexity index is 583. The Labute approximate surface area is 112 Å². The fourth-order valence-corrected chi connectivity index (χ4v) is 2.68. The summed E-state index contributed by atoms with van der Waals surface area (Å²) in [6.45, 7) is 1.72. The first kappa shape index (κ1) is 12.2. The number of piperidine rings is 1. The van der Waals surface area contributed by atoms with E-state index in [1.165, 1.54) is 0 Å². The Hall–Kier alpha value is -1.81. The summed E-state index contributed by atoms with van der Waals surface area (Å²) in [5.74, 6) is 0.447. The van der Waals surface area contributed by atoms with Gasteiger partial charge < -0.3 is 15.0 Å². The molecule has 0 unspecified atom stereocenters. The van der Waals surface area contributed by atoms with Gasteiger partial charge in [0.25, 0.3) is 5.91 Å². The van der Waals surface area contributed by atoms with Crippen molar-refractivity contribution in [2.45, 2.75) is 12.8 Å². The van der Waals surface area contributed by atoms with Crippen molar-refractivity contribution < 1.29 is 9.90 Å². The van der Waals surface area contributed by atoms with Gasteiger partial charge in [-0.25, -0.2) is 0 Å². The summed E-state index contributed by atoms with van der Waals surface area (Å²) in [6.07, 6.45) is 3.67. The van der Waals surface area contributed by atoms with Crippen LogP contribution in [0.5, 0.6) is 0 Å². The number of likely N-dealkylation sites (tertiary alicyclic amines) is 1. The smallest absolute Gasteiger partial charge is 0.253 e. The number of fused-ring (bicyclic) bond motifs is 1. The van der Waals surface area contributed by atoms with Gasteiger partial charge in [0.1, 0.15) is 0 Å². The lowest BCUT2D eigenvalue weighted by atomic mass is 9.97. The first-order valence-corrected chi connectivity index (χ1v) is 6.75. The predicted molar refractivity (Wildman–Crippen MR) is 74.0 cm³/mol. The van der Waals surface area contributed by atoms with Gasteiger partial charge in [-0.1, -0.05) is 6.07 Å². The van der Waals surface area contributed by atoms with Crippen molar-refractivity contribution in [1.29, 1.82) is 0 Å². The third-order valence-electron chi connectivity index (χ3n) is 3.96. The maximum absolute atomic E-state index is 12.4. The van der Waals surface area contributed by atoms with Crippen molar-refractivity contribution in [3.63, 3.8) is 0 Å². The zero-order valence-corrected chi connectivity index (χ0v) is 10.8. The minimum absolute atomic E-state index is 0.0906. The second-order valence-electron chi connectivity index (χ2n) is 5.20. The molecule has 0 radical (unpaired) electrons. The summed E-state index contributed by atoms with van der Waals surface area (Å²) in [5, 5.41) is 10.2. The number of carbonyl (C=O) groups excluding carboxylic acids is 1. The lowest BCUT2D eigenvalue weighted by Crippen LogP contribution is -2.39. The number of aliphatic hydroxyl groups is 1. The fourth-order valence-electron chi connectivity index (χ4n) is 2.68. The van der Waals surface area contributed by atoms with E-state index in [2.05, 4.69) is 4.98 Å². The van der Waals surface area contributed by atoms with Crippen molar-refractivity contribution >= 4 is 16.8 Å². The summed E-state index contributed by atoms with van der Waals surface area (Å²) in [7, 11) is 0. The number of hydrogen-bond acceptors (Lipinski definition) is 2. The number of aliphatic hydroxyl groups excluding tert-OH is 1. The first-order chi connectivity index (χ1) is 9.28. The van der Waals surface area contributed by atoms with E-state index in [0.29, 0.717) is 5.92 Å². The number of hydrogen-bond donors (Lipinski definition) is 2. The summed E-state index contributed by atoms with van der Waals surface area (Å²) in [4.78, 5) is 17.4. The van der Waals surface area contributed by atoms with Gasteiger partial charge in [-0.05, 0) is 42.3 Å². The van der Waals surface area contributed by atoms with Gasteiger partial charge >= 0.3 is 0 Å². The molecule has 2 aromatic rings. The highest BCUT2D eigenvalue weighted by atomic mass is 16.3. The molecule has 2 heterocycles. The van der Waals surface area contributed by atoms with Gasteiger partial charge in [-0.2, -0.15) is 0 Å². The van der Waals surface area contributed by atoms with Crippen LogP contribution in [0.4, 0.5) is 0 Å². The molecule has 0 bridgehead atoms. The lowest BCUT2D eigenvalue weighted by molar-refractivity contribution is 0.0651. The van der Waals surface area contributed by atoms with Gasteiger partial charge in [0.2, 0.25) is 0 Å². The second-order valence-corrected chi connectivity index (χ2v) is 5.20. The van der Waals surface area contributed by atoms with Crippen LogP contribution in [0.15, 0.2) is 30.5 Å². The van der Waals surface area contributed by atoms with Gasteiger partial charge in [-0.3, -0.25) is 4.79 Å². The van der Waals surface area contributed by atoms with Crippen LogP contribution in [0.2, 0.25) is 0 Å². The third kappa shape index (κ3) is 2.36. The van der Waals surface area contributed by atoms with E-state index in [4.69, 9.17) is 5.11 Å². The van der Waals surface area contributed by atoms with Crippen LogP contribution in [0.25, 0.3) is 10.9 Å². The Morgan fingerprint density at radius 2 is 2.11 bits per heavy atom. The maximum Gasteiger partial charge on any atom is 0.253 e. The molecule has 1 aromatic heterocycles. The number of carbonyl (C=O) groups is 1. The van der Waals surface area contributed by atoms with E-state index in [1.807, 2.05) is 35.4 Å². The third-order valence-corrected chi connectivity index (χ3v) is 3.96. The summed E-state index contributed by atoms with van der Waals surface area (Å²) < 4.78 is 0. The van der Waals surface area contributed by atoms with Crippen LogP contribution in [0.1, 0.15) is 23.2 Å². The molecule has 4 nitrogen and oxygen atoms in total. The highest BCUT2D eigenvalue weighted by Gasteiger charge is 2.23. The van der Waals surface area contributed by atoms with Crippen molar-refractivity contribution in [2.24, 2.45) is 5.92 Å². The van der Waals surface area contributed by atoms with Crippen molar-refractivity contribution in [2.75, 3.05) is 19.7 Å². The largest absolute Gasteiger partial charge is 0.396 e. The van der Waals surface area contributed by atoms with Gasteiger partial charge in [0.15, 0.2) is 0 Å². The molecule has 0 atom stereocenters. The average Bonchev–Trinajstić information content (AvgIpc) is 2.94. The van der Waals surface area contributed by atoms with Crippen LogP contribution < -0.4 is 0 Å². The van der Waals surface area contributed by atoms with E-state index in [9.17, 15) is 4.79 Å². The lowest BCUT2D eigenvalue weighted by Gasteiger charge is -2.31. The number of aromatic amines is 1. The fraction of sp³-hybridized carbons (Fsp3) is 0.400. The molecule has 1 fully saturated rings. The number of aromatic nitrogens is 1. The molecule has 1 amide bonds. The van der Waals surface area contributed by atoms with Crippen LogP contribution in [0.3, 0.4) is 0 Å². The number of benzene rings is 1. The highest BCUT2D eigenvalue weighted by Crippen LogP contribution is 2.20. The van der Waals surface area contributed by atoms with Crippen molar-refractivity contribution in [3.8, 4) is 0 Å². The van der Waals surface area contributed by atoms with E-state index >= 15 is 0 Å². The molecule has 1 aliphatic rings. The van der Waals surface area contributed by atoms with E-state index < -0.39 is 0 Å². The number of H-pyrrole nitrogens is 1. The molecule has 0 aliphatic carbocycles. The molecule has 4 heteroatoms. The zero-order valence-electron chi connectivity index (χ0n) is 10.8. The van der Waals surface area contributed by atoms with Crippen molar-refractivity contribution in [3.05, 3.63) is 36.0 Å². The topological polar surface area (TPSA) is 56.3 Å². The molecule has 3 rings (SSSR count). The Morgan fingerprint density at radius 3 is 2.84 bits per heavy atom. The number of rotatable bonds is 2. The number of nitrogens with zero attached hydrogens (tertiary/aromatic N) is 1. The Balaban J connectivity index is 1.76. The maximum atomic E-state index is 12.4. The number of amides is 1. The van der Waals surface area contributed by atoms with Crippen molar-refractivity contribution in [1.82, 2.24) is 9.88 Å². The molecule has 1 aliphatic heterocycles. The van der Waals surface area contributed by atoms with E-state index in [0.717, 1.165) is 42.4 Å². The quantitative estimate of drug-likeness (QED) is 0.865. The summed E-state index contributed by atoms with van der Waals surface area (Å²) >= 11 is 0. The first-order valence-electron chi connectivity index (χ1n) is 6.75. The summed E-state index contributed by atoms with van der Waals surface area (Å²) in [6, 6.07) is 7.77. The van der Waals surface area contributed by atoms with E-state index in [1.54, 1.807) is 0 Å². The molecular weight excluding hydrogens is 240 g/mol. The molecule has 0 spiro atoms. The molecule has 19 heavy (non-hydrogen) atoms. The highest BCUT2D eigenvalue weighted by molar-refractivity contribution is 5.97. The molecular formula is C15H18N2O2. The van der Waals surface area contributed by atoms with Gasteiger partial charge in [0.05, 0.1) is 0 Å². The van der Waals surface area contributed by atoms with Crippen LogP contribution in [-0.4, -0.2) is 40.6 Å². The normalized spacial score (nSPS) is 17.0. The molecule has 0 saturated carbocycles. The molecule has 1 saturated heterocycles.